The Morgan fingerprint density at radius 3 is 2.59 bits per heavy atom. The van der Waals surface area contributed by atoms with Crippen molar-refractivity contribution in [2.24, 2.45) is 4.99 Å². The van der Waals surface area contributed by atoms with Crippen LogP contribution in [-0.4, -0.2) is 34.5 Å². The van der Waals surface area contributed by atoms with E-state index in [1.54, 1.807) is 19.9 Å². The van der Waals surface area contributed by atoms with Gasteiger partial charge in [-0.25, -0.2) is 9.79 Å². The molecule has 174 valence electrons. The van der Waals surface area contributed by atoms with Gasteiger partial charge in [-0.3, -0.25) is 4.79 Å². The maximum absolute atomic E-state index is 12.8. The highest BCUT2D eigenvalue weighted by Gasteiger charge is 2.26. The number of amides is 1. The summed E-state index contributed by atoms with van der Waals surface area (Å²) in [7, 11) is 0. The summed E-state index contributed by atoms with van der Waals surface area (Å²) >= 11 is 0. The van der Waals surface area contributed by atoms with Crippen LogP contribution in [0.15, 0.2) is 69.2 Å². The average molecular weight is 460 g/mol. The minimum absolute atomic E-state index is 0.0682. The second kappa shape index (κ2) is 10.1. The standard InChI is InChI=1S/C25H25N5O4/c1-4-33-25(32)22-16(3)26-18-7-5-6-8-19(18)27-23(22)28-20(31)13-14-21-29-30-24(34-21)17-11-9-15(2)10-12-17/h5-12,26H,4,13-14H2,1-3H3,(H,27,28,31). The number of para-hydroxylation sites is 2. The third-order valence-electron chi connectivity index (χ3n) is 5.14. The zero-order chi connectivity index (χ0) is 24.1. The first-order valence-corrected chi connectivity index (χ1v) is 11.0. The van der Waals surface area contributed by atoms with Gasteiger partial charge >= 0.3 is 5.97 Å². The maximum Gasteiger partial charge on any atom is 0.343 e. The molecule has 3 aromatic rings. The molecule has 0 bridgehead atoms. The number of benzene rings is 2. The fraction of sp³-hybridized carbons (Fsp3) is 0.240. The first-order chi connectivity index (χ1) is 16.4. The van der Waals surface area contributed by atoms with Gasteiger partial charge in [-0.1, -0.05) is 29.8 Å². The third kappa shape index (κ3) is 5.20. The molecular formula is C25H25N5O4. The van der Waals surface area contributed by atoms with Crippen LogP contribution in [0.3, 0.4) is 0 Å². The van der Waals surface area contributed by atoms with E-state index in [0.29, 0.717) is 23.2 Å². The number of nitrogens with zero attached hydrogens (tertiary/aromatic N) is 3. The van der Waals surface area contributed by atoms with Crippen molar-refractivity contribution < 1.29 is 18.7 Å². The van der Waals surface area contributed by atoms with Crippen molar-refractivity contribution in [3.8, 4) is 11.5 Å². The lowest BCUT2D eigenvalue weighted by molar-refractivity contribution is -0.137. The highest BCUT2D eigenvalue weighted by Crippen LogP contribution is 2.30. The van der Waals surface area contributed by atoms with Crippen molar-refractivity contribution in [1.82, 2.24) is 15.5 Å². The summed E-state index contributed by atoms with van der Waals surface area (Å²) in [6, 6.07) is 15.1. The molecule has 1 aromatic heterocycles. The van der Waals surface area contributed by atoms with Crippen molar-refractivity contribution in [2.45, 2.75) is 33.6 Å². The Hall–Kier alpha value is -4.27. The van der Waals surface area contributed by atoms with Crippen molar-refractivity contribution in [3.05, 3.63) is 71.3 Å². The van der Waals surface area contributed by atoms with E-state index in [4.69, 9.17) is 9.15 Å². The van der Waals surface area contributed by atoms with Crippen LogP contribution in [0.1, 0.15) is 31.7 Å². The molecule has 9 heteroatoms. The summed E-state index contributed by atoms with van der Waals surface area (Å²) in [6.07, 6.45) is 0.309. The Morgan fingerprint density at radius 2 is 1.82 bits per heavy atom. The summed E-state index contributed by atoms with van der Waals surface area (Å²) in [5.41, 5.74) is 3.96. The number of allylic oxidation sites excluding steroid dienone is 1. The van der Waals surface area contributed by atoms with Gasteiger partial charge in [-0.2, -0.15) is 0 Å². The number of hydrogen-bond donors (Lipinski definition) is 2. The number of nitrogens with one attached hydrogen (secondary N) is 2. The van der Waals surface area contributed by atoms with Crippen molar-refractivity contribution in [2.75, 3.05) is 11.9 Å². The third-order valence-corrected chi connectivity index (χ3v) is 5.14. The normalized spacial score (nSPS) is 12.9. The zero-order valence-electron chi connectivity index (χ0n) is 19.2. The molecule has 0 aliphatic carbocycles. The van der Waals surface area contributed by atoms with E-state index in [1.165, 1.54) is 0 Å². The van der Waals surface area contributed by atoms with E-state index in [1.807, 2.05) is 49.4 Å². The zero-order valence-corrected chi connectivity index (χ0v) is 19.2. The number of esters is 1. The predicted octanol–water partition coefficient (Wildman–Crippen LogP) is 4.09. The molecule has 1 aliphatic heterocycles. The minimum atomic E-state index is -0.570. The molecule has 0 fully saturated rings. The van der Waals surface area contributed by atoms with Crippen molar-refractivity contribution >= 4 is 29.1 Å². The first kappa shape index (κ1) is 22.9. The number of aryl methyl sites for hydroxylation is 2. The SMILES string of the molecule is CCOC(=O)C1=C(C)Nc2ccccc2N=C1NC(=O)CCc1nnc(-c2ccc(C)cc2)o1. The summed E-state index contributed by atoms with van der Waals surface area (Å²) in [5.74, 6) is -0.0432. The molecule has 1 aliphatic rings. The molecule has 34 heavy (non-hydrogen) atoms. The van der Waals surface area contributed by atoms with Crippen LogP contribution in [0.25, 0.3) is 11.5 Å². The van der Waals surface area contributed by atoms with Gasteiger partial charge in [0, 0.05) is 24.1 Å². The molecular weight excluding hydrogens is 434 g/mol. The summed E-state index contributed by atoms with van der Waals surface area (Å²) in [4.78, 5) is 30.0. The number of anilines is 1. The van der Waals surface area contributed by atoms with Crippen LogP contribution in [0, 0.1) is 6.92 Å². The van der Waals surface area contributed by atoms with E-state index >= 15 is 0 Å². The van der Waals surface area contributed by atoms with Gasteiger partial charge in [-0.05, 0) is 45.0 Å². The topological polar surface area (TPSA) is 119 Å². The quantitative estimate of drug-likeness (QED) is 0.533. The van der Waals surface area contributed by atoms with E-state index in [0.717, 1.165) is 16.8 Å². The number of fused-ring (bicyclic) bond motifs is 1. The van der Waals surface area contributed by atoms with Gasteiger partial charge in [-0.15, -0.1) is 10.2 Å². The number of rotatable bonds is 6. The molecule has 4 rings (SSSR count). The number of carbonyl (C=O) groups excluding carboxylic acids is 2. The molecule has 0 unspecified atom stereocenters. The number of aliphatic imine (C=N–C) groups is 1. The molecule has 2 heterocycles. The Kier molecular flexibility index (Phi) is 6.82. The van der Waals surface area contributed by atoms with Gasteiger partial charge in [0.05, 0.1) is 18.0 Å². The van der Waals surface area contributed by atoms with Crippen LogP contribution >= 0.6 is 0 Å². The highest BCUT2D eigenvalue weighted by molar-refractivity contribution is 6.24. The summed E-state index contributed by atoms with van der Waals surface area (Å²) in [6.45, 7) is 5.65. The van der Waals surface area contributed by atoms with Crippen LogP contribution in [0.4, 0.5) is 11.4 Å². The highest BCUT2D eigenvalue weighted by atomic mass is 16.5. The van der Waals surface area contributed by atoms with Gasteiger partial charge in [0.2, 0.25) is 17.7 Å². The maximum atomic E-state index is 12.8. The molecule has 0 spiro atoms. The monoisotopic (exact) mass is 459 g/mol. The second-order valence-electron chi connectivity index (χ2n) is 7.74. The van der Waals surface area contributed by atoms with Gasteiger partial charge in [0.25, 0.3) is 0 Å². The van der Waals surface area contributed by atoms with Crippen LogP contribution in [0.2, 0.25) is 0 Å². The molecule has 1 amide bonds. The van der Waals surface area contributed by atoms with Crippen molar-refractivity contribution in [3.63, 3.8) is 0 Å². The second-order valence-corrected chi connectivity index (χ2v) is 7.74. The van der Waals surface area contributed by atoms with Crippen LogP contribution in [0.5, 0.6) is 0 Å². The Labute approximate surface area is 196 Å². The molecule has 0 atom stereocenters. The van der Waals surface area contributed by atoms with Crippen LogP contribution in [-0.2, 0) is 20.7 Å². The lowest BCUT2D eigenvalue weighted by Crippen LogP contribution is -2.35. The average Bonchev–Trinajstić information content (AvgIpc) is 3.23. The lowest BCUT2D eigenvalue weighted by Gasteiger charge is -2.13. The summed E-state index contributed by atoms with van der Waals surface area (Å²) in [5, 5.41) is 14.0. The molecule has 2 aromatic carbocycles. The van der Waals surface area contributed by atoms with Crippen LogP contribution < -0.4 is 10.6 Å². The minimum Gasteiger partial charge on any atom is -0.462 e. The Balaban J connectivity index is 1.49. The Morgan fingerprint density at radius 1 is 1.06 bits per heavy atom. The van der Waals surface area contributed by atoms with Gasteiger partial charge in [0.1, 0.15) is 11.4 Å². The number of carbonyl (C=O) groups is 2. The number of amidine groups is 1. The molecule has 2 N–H and O–H groups in total. The van der Waals surface area contributed by atoms with Gasteiger partial charge < -0.3 is 19.8 Å². The first-order valence-electron chi connectivity index (χ1n) is 11.0. The smallest absolute Gasteiger partial charge is 0.343 e. The number of aromatic nitrogens is 2. The van der Waals surface area contributed by atoms with E-state index in [2.05, 4.69) is 25.8 Å². The lowest BCUT2D eigenvalue weighted by atomic mass is 10.1. The molecule has 0 radical (unpaired) electrons. The van der Waals surface area contributed by atoms with E-state index in [-0.39, 0.29) is 36.8 Å². The summed E-state index contributed by atoms with van der Waals surface area (Å²) < 4.78 is 10.9. The van der Waals surface area contributed by atoms with Crippen molar-refractivity contribution in [1.29, 1.82) is 0 Å². The molecule has 0 saturated heterocycles. The van der Waals surface area contributed by atoms with E-state index in [9.17, 15) is 9.59 Å². The fourth-order valence-electron chi connectivity index (χ4n) is 3.42. The largest absolute Gasteiger partial charge is 0.462 e. The predicted molar refractivity (Wildman–Crippen MR) is 127 cm³/mol. The number of ether oxygens (including phenoxy) is 1. The van der Waals surface area contributed by atoms with E-state index < -0.39 is 5.97 Å². The number of hydrogen-bond acceptors (Lipinski definition) is 8. The van der Waals surface area contributed by atoms with Gasteiger partial charge in [0.15, 0.2) is 0 Å². The molecule has 0 saturated carbocycles. The fourth-order valence-corrected chi connectivity index (χ4v) is 3.42. The molecule has 9 nitrogen and oxygen atoms in total. The Bertz CT molecular complexity index is 1270.